The number of aliphatic hydroxyl groups is 1. The molecule has 0 bridgehead atoms. The number of hydrogen-bond acceptors (Lipinski definition) is 4. The van der Waals surface area contributed by atoms with E-state index >= 15 is 0 Å². The maximum absolute atomic E-state index is 11.0. The minimum atomic E-state index is -0.815. The van der Waals surface area contributed by atoms with Gasteiger partial charge in [-0.3, -0.25) is 0 Å². The van der Waals surface area contributed by atoms with Gasteiger partial charge in [0, 0.05) is 23.6 Å². The summed E-state index contributed by atoms with van der Waals surface area (Å²) in [4.78, 5) is 2.08. The SMILES string of the molecule is COc1ccc(NC(=S)N2CCC(O)(c3ccc(Br)cc3)CC2)c(OC)c1. The van der Waals surface area contributed by atoms with Crippen molar-refractivity contribution in [2.45, 2.75) is 18.4 Å². The number of rotatable bonds is 4. The highest BCUT2D eigenvalue weighted by atomic mass is 79.9. The minimum Gasteiger partial charge on any atom is -0.497 e. The maximum Gasteiger partial charge on any atom is 0.173 e. The van der Waals surface area contributed by atoms with E-state index in [1.165, 1.54) is 0 Å². The van der Waals surface area contributed by atoms with Gasteiger partial charge in [-0.05, 0) is 54.9 Å². The normalized spacial score (nSPS) is 15.9. The molecule has 0 spiro atoms. The number of nitrogens with zero attached hydrogens (tertiary/aromatic N) is 1. The summed E-state index contributed by atoms with van der Waals surface area (Å²) in [5.41, 5.74) is 0.919. The predicted molar refractivity (Wildman–Crippen MR) is 115 cm³/mol. The molecule has 0 atom stereocenters. The molecule has 0 radical (unpaired) electrons. The summed E-state index contributed by atoms with van der Waals surface area (Å²) in [6, 6.07) is 13.4. The van der Waals surface area contributed by atoms with Gasteiger partial charge in [0.25, 0.3) is 0 Å². The molecule has 1 saturated heterocycles. The zero-order valence-electron chi connectivity index (χ0n) is 15.4. The fourth-order valence-corrected chi connectivity index (χ4v) is 3.78. The first-order valence-corrected chi connectivity index (χ1v) is 9.92. The van der Waals surface area contributed by atoms with Crippen molar-refractivity contribution in [1.29, 1.82) is 0 Å². The van der Waals surface area contributed by atoms with Crippen LogP contribution in [0.1, 0.15) is 18.4 Å². The second-order valence-electron chi connectivity index (χ2n) is 6.52. The Kier molecular flexibility index (Phi) is 6.24. The largest absolute Gasteiger partial charge is 0.497 e. The average molecular weight is 451 g/mol. The first kappa shape index (κ1) is 19.9. The van der Waals surface area contributed by atoms with Gasteiger partial charge in [-0.1, -0.05) is 28.1 Å². The second kappa shape index (κ2) is 8.46. The first-order chi connectivity index (χ1) is 12.9. The van der Waals surface area contributed by atoms with E-state index in [2.05, 4.69) is 26.1 Å². The van der Waals surface area contributed by atoms with Crippen LogP contribution in [0.4, 0.5) is 5.69 Å². The van der Waals surface area contributed by atoms with Gasteiger partial charge in [0.2, 0.25) is 0 Å². The van der Waals surface area contributed by atoms with Crippen molar-refractivity contribution in [1.82, 2.24) is 4.90 Å². The molecule has 1 heterocycles. The molecule has 2 aromatic carbocycles. The second-order valence-corrected chi connectivity index (χ2v) is 7.82. The maximum atomic E-state index is 11.0. The lowest BCUT2D eigenvalue weighted by atomic mass is 9.84. The Hall–Kier alpha value is -1.83. The zero-order chi connectivity index (χ0) is 19.4. The van der Waals surface area contributed by atoms with Crippen molar-refractivity contribution >= 4 is 38.9 Å². The Bertz CT molecular complexity index is 805. The van der Waals surface area contributed by atoms with E-state index in [9.17, 15) is 5.11 Å². The molecule has 1 aliphatic rings. The molecule has 2 aromatic rings. The third-order valence-electron chi connectivity index (χ3n) is 4.91. The molecule has 1 fully saturated rings. The number of ether oxygens (including phenoxy) is 2. The van der Waals surface area contributed by atoms with Gasteiger partial charge in [0.1, 0.15) is 11.5 Å². The number of piperidine rings is 1. The highest BCUT2D eigenvalue weighted by molar-refractivity contribution is 9.10. The Morgan fingerprint density at radius 2 is 1.78 bits per heavy atom. The van der Waals surface area contributed by atoms with Crippen LogP contribution < -0.4 is 14.8 Å². The van der Waals surface area contributed by atoms with Gasteiger partial charge >= 0.3 is 0 Å². The molecule has 144 valence electrons. The molecule has 3 rings (SSSR count). The fraction of sp³-hybridized carbons (Fsp3) is 0.350. The molecule has 0 aromatic heterocycles. The van der Waals surface area contributed by atoms with E-state index in [-0.39, 0.29) is 0 Å². The standard InChI is InChI=1S/C20H23BrN2O3S/c1-25-16-7-8-17(18(13-16)26-2)22-19(27)23-11-9-20(24,10-12-23)14-3-5-15(21)6-4-14/h3-8,13,24H,9-12H2,1-2H3,(H,22,27). The summed E-state index contributed by atoms with van der Waals surface area (Å²) < 4.78 is 11.6. The van der Waals surface area contributed by atoms with Gasteiger partial charge in [-0.2, -0.15) is 0 Å². The molecule has 1 aliphatic heterocycles. The monoisotopic (exact) mass is 450 g/mol. The van der Waals surface area contributed by atoms with Crippen LogP contribution in [0.2, 0.25) is 0 Å². The molecule has 0 unspecified atom stereocenters. The molecule has 0 aliphatic carbocycles. The summed E-state index contributed by atoms with van der Waals surface area (Å²) in [6.45, 7) is 1.35. The zero-order valence-corrected chi connectivity index (χ0v) is 17.8. The van der Waals surface area contributed by atoms with Crippen molar-refractivity contribution in [2.24, 2.45) is 0 Å². The van der Waals surface area contributed by atoms with E-state index < -0.39 is 5.60 Å². The van der Waals surface area contributed by atoms with Gasteiger partial charge in [0.05, 0.1) is 25.5 Å². The highest BCUT2D eigenvalue weighted by Crippen LogP contribution is 2.34. The number of methoxy groups -OCH3 is 2. The average Bonchev–Trinajstić information content (AvgIpc) is 2.69. The van der Waals surface area contributed by atoms with Gasteiger partial charge in [-0.15, -0.1) is 0 Å². The van der Waals surface area contributed by atoms with Crippen LogP contribution in [-0.4, -0.2) is 42.4 Å². The third-order valence-corrected chi connectivity index (χ3v) is 5.80. The molecule has 7 heteroatoms. The number of hydrogen-bond donors (Lipinski definition) is 2. The summed E-state index contributed by atoms with van der Waals surface area (Å²) in [5.74, 6) is 1.39. The van der Waals surface area contributed by atoms with Crippen LogP contribution in [0.3, 0.4) is 0 Å². The number of likely N-dealkylation sites (tertiary alicyclic amines) is 1. The van der Waals surface area contributed by atoms with Gasteiger partial charge in [-0.25, -0.2) is 0 Å². The lowest BCUT2D eigenvalue weighted by Gasteiger charge is -2.39. The Morgan fingerprint density at radius 3 is 2.37 bits per heavy atom. The summed E-state index contributed by atoms with van der Waals surface area (Å²) in [7, 11) is 3.23. The molecular weight excluding hydrogens is 428 g/mol. The molecule has 5 nitrogen and oxygen atoms in total. The first-order valence-electron chi connectivity index (χ1n) is 8.71. The number of halogens is 1. The van der Waals surface area contributed by atoms with Gasteiger partial charge < -0.3 is 24.8 Å². The smallest absolute Gasteiger partial charge is 0.173 e. The van der Waals surface area contributed by atoms with Crippen molar-refractivity contribution in [3.63, 3.8) is 0 Å². The lowest BCUT2D eigenvalue weighted by Crippen LogP contribution is -2.46. The van der Waals surface area contributed by atoms with Crippen molar-refractivity contribution in [2.75, 3.05) is 32.6 Å². The minimum absolute atomic E-state index is 0.621. The van der Waals surface area contributed by atoms with E-state index in [0.717, 1.165) is 21.5 Å². The number of thiocarbonyl (C=S) groups is 1. The van der Waals surface area contributed by atoms with Crippen LogP contribution in [0.25, 0.3) is 0 Å². The van der Waals surface area contributed by atoms with Gasteiger partial charge in [0.15, 0.2) is 5.11 Å². The van der Waals surface area contributed by atoms with Crippen molar-refractivity contribution < 1.29 is 14.6 Å². The van der Waals surface area contributed by atoms with Crippen LogP contribution >= 0.6 is 28.1 Å². The Balaban J connectivity index is 1.64. The molecule has 2 N–H and O–H groups in total. The molecule has 0 amide bonds. The topological polar surface area (TPSA) is 54.0 Å². The number of nitrogens with one attached hydrogen (secondary N) is 1. The van der Waals surface area contributed by atoms with Crippen LogP contribution in [-0.2, 0) is 5.60 Å². The Labute approximate surface area is 173 Å². The van der Waals surface area contributed by atoms with Crippen LogP contribution in [0.15, 0.2) is 46.9 Å². The number of benzene rings is 2. The summed E-state index contributed by atoms with van der Waals surface area (Å²) in [6.07, 6.45) is 1.24. The van der Waals surface area contributed by atoms with Crippen molar-refractivity contribution in [3.8, 4) is 11.5 Å². The summed E-state index contributed by atoms with van der Waals surface area (Å²) in [5, 5.41) is 14.9. The predicted octanol–water partition coefficient (Wildman–Crippen LogP) is 4.15. The Morgan fingerprint density at radius 1 is 1.11 bits per heavy atom. The number of anilines is 1. The fourth-order valence-electron chi connectivity index (χ4n) is 3.22. The molecule has 27 heavy (non-hydrogen) atoms. The lowest BCUT2D eigenvalue weighted by molar-refractivity contribution is -0.0117. The molecule has 0 saturated carbocycles. The van der Waals surface area contributed by atoms with Crippen LogP contribution in [0.5, 0.6) is 11.5 Å². The van der Waals surface area contributed by atoms with E-state index in [0.29, 0.717) is 36.8 Å². The molecular formula is C20H23BrN2O3S. The highest BCUT2D eigenvalue weighted by Gasteiger charge is 2.34. The van der Waals surface area contributed by atoms with E-state index in [1.54, 1.807) is 14.2 Å². The summed E-state index contributed by atoms with van der Waals surface area (Å²) >= 11 is 9.01. The van der Waals surface area contributed by atoms with E-state index in [4.69, 9.17) is 21.7 Å². The van der Waals surface area contributed by atoms with Crippen LogP contribution in [0, 0.1) is 0 Å². The third kappa shape index (κ3) is 4.54. The quantitative estimate of drug-likeness (QED) is 0.682. The van der Waals surface area contributed by atoms with Crippen molar-refractivity contribution in [3.05, 3.63) is 52.5 Å². The van der Waals surface area contributed by atoms with E-state index in [1.807, 2.05) is 42.5 Å².